The van der Waals surface area contributed by atoms with Crippen LogP contribution in [0.25, 0.3) is 0 Å². The highest BCUT2D eigenvalue weighted by molar-refractivity contribution is 6.68. The number of nitrogens with zero attached hydrogens (tertiary/aromatic N) is 3. The third kappa shape index (κ3) is 1.21. The number of halogens is 1. The molecular weight excluding hydrogens is 176 g/mol. The van der Waals surface area contributed by atoms with Crippen LogP contribution in [0.3, 0.4) is 0 Å². The van der Waals surface area contributed by atoms with Crippen molar-refractivity contribution >= 4 is 23.0 Å². The maximum atomic E-state index is 5.75. The number of rotatable bonds is 0. The van der Waals surface area contributed by atoms with Crippen LogP contribution in [0.1, 0.15) is 0 Å². The fourth-order valence-electron chi connectivity index (χ4n) is 1.04. The molecule has 62 valence electrons. The summed E-state index contributed by atoms with van der Waals surface area (Å²) in [7, 11) is 0. The molecule has 0 atom stereocenters. The van der Waals surface area contributed by atoms with Gasteiger partial charge >= 0.3 is 0 Å². The fourth-order valence-corrected chi connectivity index (χ4v) is 1.26. The van der Waals surface area contributed by atoms with Crippen molar-refractivity contribution in [3.63, 3.8) is 0 Å². The summed E-state index contributed by atoms with van der Waals surface area (Å²) in [6.45, 7) is 0.592. The first kappa shape index (κ1) is 7.36. The molecule has 2 N–H and O–H groups in total. The van der Waals surface area contributed by atoms with Crippen LogP contribution in [0, 0.1) is 0 Å². The number of fused-ring (bicyclic) bond motifs is 2. The lowest BCUT2D eigenvalue weighted by molar-refractivity contribution is 0.390. The molecule has 4 nitrogen and oxygen atoms in total. The van der Waals surface area contributed by atoms with E-state index in [4.69, 9.17) is 17.3 Å². The average molecular weight is 183 g/mol. The third-order valence-electron chi connectivity index (χ3n) is 1.60. The van der Waals surface area contributed by atoms with Gasteiger partial charge in [-0.3, -0.25) is 0 Å². The van der Waals surface area contributed by atoms with E-state index in [1.54, 1.807) is 17.3 Å². The van der Waals surface area contributed by atoms with Crippen LogP contribution in [0.2, 0.25) is 0 Å². The topological polar surface area (TPSA) is 54.0 Å². The first-order valence-electron chi connectivity index (χ1n) is 3.48. The molecule has 2 bridgehead atoms. The van der Waals surface area contributed by atoms with Gasteiger partial charge in [-0.1, -0.05) is 11.6 Å². The van der Waals surface area contributed by atoms with E-state index in [2.05, 4.69) is 10.1 Å². The normalized spacial score (nSPS) is 21.1. The maximum Gasteiger partial charge on any atom is 0.133 e. The van der Waals surface area contributed by atoms with Crippen molar-refractivity contribution in [2.45, 2.75) is 0 Å². The lowest BCUT2D eigenvalue weighted by Crippen LogP contribution is -2.25. The molecule has 0 saturated heterocycles. The zero-order chi connectivity index (χ0) is 8.55. The summed E-state index contributed by atoms with van der Waals surface area (Å²) in [5.74, 6) is 0.517. The Hall–Kier alpha value is -1.29. The van der Waals surface area contributed by atoms with Gasteiger partial charge in [0.15, 0.2) is 0 Å². The van der Waals surface area contributed by atoms with Crippen molar-refractivity contribution < 1.29 is 0 Å². The van der Waals surface area contributed by atoms with Gasteiger partial charge in [-0.25, -0.2) is 10.0 Å². The van der Waals surface area contributed by atoms with Gasteiger partial charge in [-0.05, 0) is 6.08 Å². The average Bonchev–Trinajstić information content (AvgIpc) is 2.11. The Morgan fingerprint density at radius 3 is 3.25 bits per heavy atom. The minimum atomic E-state index is 0.395. The smallest absolute Gasteiger partial charge is 0.133 e. The van der Waals surface area contributed by atoms with Crippen LogP contribution < -0.4 is 5.73 Å². The van der Waals surface area contributed by atoms with Gasteiger partial charge in [0.25, 0.3) is 0 Å². The van der Waals surface area contributed by atoms with E-state index >= 15 is 0 Å². The van der Waals surface area contributed by atoms with Crippen molar-refractivity contribution in [3.8, 4) is 0 Å². The SMILES string of the molecule is NC1=CC(Cl)=NC2=CC=NN1C2. The van der Waals surface area contributed by atoms with Gasteiger partial charge in [0.05, 0.1) is 12.2 Å². The van der Waals surface area contributed by atoms with Crippen LogP contribution in [0.5, 0.6) is 0 Å². The standard InChI is InChI=1S/C7H7ClN4/c8-6-3-7(9)12-4-5(11-6)1-2-10-12/h1-3H,4,9H2. The minimum Gasteiger partial charge on any atom is -0.384 e. The first-order chi connectivity index (χ1) is 5.75. The van der Waals surface area contributed by atoms with Gasteiger partial charge in [0.2, 0.25) is 0 Å². The van der Waals surface area contributed by atoms with Crippen molar-refractivity contribution in [1.29, 1.82) is 0 Å². The Morgan fingerprint density at radius 1 is 1.58 bits per heavy atom. The highest BCUT2D eigenvalue weighted by Gasteiger charge is 2.14. The second kappa shape index (κ2) is 2.64. The number of hydrogen-bond donors (Lipinski definition) is 1. The van der Waals surface area contributed by atoms with Crippen molar-refractivity contribution in [1.82, 2.24) is 5.01 Å². The molecule has 0 radical (unpaired) electrons. The second-order valence-electron chi connectivity index (χ2n) is 2.48. The summed E-state index contributed by atoms with van der Waals surface area (Å²) in [6, 6.07) is 0. The number of allylic oxidation sites excluding steroid dienone is 2. The van der Waals surface area contributed by atoms with Gasteiger partial charge < -0.3 is 5.73 Å². The van der Waals surface area contributed by atoms with E-state index in [0.717, 1.165) is 5.70 Å². The Kier molecular flexibility index (Phi) is 1.62. The fraction of sp³-hybridized carbons (Fsp3) is 0.143. The molecule has 0 unspecified atom stereocenters. The molecule has 0 aromatic heterocycles. The lowest BCUT2D eigenvalue weighted by atomic mass is 10.4. The maximum absolute atomic E-state index is 5.75. The molecule has 0 spiro atoms. The first-order valence-corrected chi connectivity index (χ1v) is 3.85. The van der Waals surface area contributed by atoms with E-state index in [-0.39, 0.29) is 0 Å². The summed E-state index contributed by atoms with van der Waals surface area (Å²) in [4.78, 5) is 4.10. The van der Waals surface area contributed by atoms with Gasteiger partial charge in [0, 0.05) is 12.3 Å². The monoisotopic (exact) mass is 182 g/mol. The van der Waals surface area contributed by atoms with Gasteiger partial charge in [0.1, 0.15) is 11.0 Å². The molecule has 0 fully saturated rings. The van der Waals surface area contributed by atoms with Crippen molar-refractivity contribution in [3.05, 3.63) is 23.7 Å². The van der Waals surface area contributed by atoms with Crippen molar-refractivity contribution in [2.24, 2.45) is 15.8 Å². The zero-order valence-electron chi connectivity index (χ0n) is 6.24. The molecule has 0 aliphatic carbocycles. The molecule has 0 saturated carbocycles. The molecule has 2 aliphatic heterocycles. The Bertz CT molecular complexity index is 326. The molecule has 0 aromatic rings. The molecule has 5 heteroatoms. The van der Waals surface area contributed by atoms with E-state index in [1.165, 1.54) is 0 Å². The Morgan fingerprint density at radius 2 is 2.42 bits per heavy atom. The highest BCUT2D eigenvalue weighted by atomic mass is 35.5. The molecule has 0 amide bonds. The summed E-state index contributed by atoms with van der Waals surface area (Å²) >= 11 is 5.75. The van der Waals surface area contributed by atoms with Crippen LogP contribution in [-0.4, -0.2) is 22.9 Å². The van der Waals surface area contributed by atoms with Crippen LogP contribution in [0.15, 0.2) is 33.8 Å². The molecule has 0 aromatic carbocycles. The Labute approximate surface area is 74.7 Å². The molecule has 2 heterocycles. The highest BCUT2D eigenvalue weighted by Crippen LogP contribution is 2.15. The lowest BCUT2D eigenvalue weighted by Gasteiger charge is -2.18. The van der Waals surface area contributed by atoms with E-state index in [0.29, 0.717) is 17.5 Å². The zero-order valence-corrected chi connectivity index (χ0v) is 6.99. The summed E-state index contributed by atoms with van der Waals surface area (Å²) in [5, 5.41) is 6.07. The van der Waals surface area contributed by atoms with Crippen LogP contribution in [0.4, 0.5) is 0 Å². The minimum absolute atomic E-state index is 0.395. The molecular formula is C7H7ClN4. The van der Waals surface area contributed by atoms with E-state index in [9.17, 15) is 0 Å². The van der Waals surface area contributed by atoms with Gasteiger partial charge in [-0.15, -0.1) is 0 Å². The second-order valence-corrected chi connectivity index (χ2v) is 2.87. The largest absolute Gasteiger partial charge is 0.384 e. The molecule has 2 rings (SSSR count). The number of nitrogens with two attached hydrogens (primary N) is 1. The quantitative estimate of drug-likeness (QED) is 0.597. The number of aliphatic imine (C=N–C) groups is 1. The number of hydrazone groups is 1. The Balaban J connectivity index is 2.44. The summed E-state index contributed by atoms with van der Waals surface area (Å²) in [6.07, 6.45) is 5.05. The van der Waals surface area contributed by atoms with Crippen LogP contribution >= 0.6 is 11.6 Å². The van der Waals surface area contributed by atoms with Crippen molar-refractivity contribution in [2.75, 3.05) is 6.54 Å². The predicted octanol–water partition coefficient (Wildman–Crippen LogP) is 0.623. The third-order valence-corrected chi connectivity index (χ3v) is 1.79. The predicted molar refractivity (Wildman–Crippen MR) is 48.8 cm³/mol. The molecule has 12 heavy (non-hydrogen) atoms. The summed E-state index contributed by atoms with van der Waals surface area (Å²) in [5.41, 5.74) is 6.52. The van der Waals surface area contributed by atoms with E-state index < -0.39 is 0 Å². The summed E-state index contributed by atoms with van der Waals surface area (Å²) < 4.78 is 0. The van der Waals surface area contributed by atoms with Crippen LogP contribution in [-0.2, 0) is 0 Å². The molecule has 2 aliphatic rings. The van der Waals surface area contributed by atoms with E-state index in [1.807, 2.05) is 6.08 Å². The van der Waals surface area contributed by atoms with Gasteiger partial charge in [-0.2, -0.15) is 5.10 Å². The number of hydrogen-bond acceptors (Lipinski definition) is 4.